The van der Waals surface area contributed by atoms with Gasteiger partial charge in [0.1, 0.15) is 23.0 Å². The van der Waals surface area contributed by atoms with E-state index in [1.807, 2.05) is 6.92 Å². The van der Waals surface area contributed by atoms with E-state index in [4.69, 9.17) is 13.9 Å². The second-order valence-electron chi connectivity index (χ2n) is 12.2. The average Bonchev–Trinajstić information content (AvgIpc) is 3.74. The van der Waals surface area contributed by atoms with Crippen LogP contribution >= 0.6 is 15.9 Å². The van der Waals surface area contributed by atoms with Gasteiger partial charge in [-0.15, -0.1) is 0 Å². The summed E-state index contributed by atoms with van der Waals surface area (Å²) in [5.41, 5.74) is 1.94. The summed E-state index contributed by atoms with van der Waals surface area (Å²) in [7, 11) is 0. The van der Waals surface area contributed by atoms with Crippen molar-refractivity contribution in [2.45, 2.75) is 64.7 Å². The summed E-state index contributed by atoms with van der Waals surface area (Å²) in [4.78, 5) is 62.1. The number of hydrogen-bond donors (Lipinski definition) is 3. The van der Waals surface area contributed by atoms with E-state index in [-0.39, 0.29) is 43.5 Å². The number of nitrogens with zero attached hydrogens (tertiary/aromatic N) is 3. The van der Waals surface area contributed by atoms with Crippen LogP contribution in [0.15, 0.2) is 81.7 Å². The van der Waals surface area contributed by atoms with Crippen molar-refractivity contribution >= 4 is 45.5 Å². The molecule has 14 heteroatoms. The first-order chi connectivity index (χ1) is 23.4. The van der Waals surface area contributed by atoms with Gasteiger partial charge in [0, 0.05) is 31.3 Å². The number of halogens is 1. The number of carbonyl (C=O) groups excluding carboxylic acids is 4. The maximum absolute atomic E-state index is 13.7. The van der Waals surface area contributed by atoms with Crippen LogP contribution in [0.1, 0.15) is 56.4 Å². The van der Waals surface area contributed by atoms with Crippen LogP contribution in [0.3, 0.4) is 0 Å². The van der Waals surface area contributed by atoms with Crippen LogP contribution in [-0.4, -0.2) is 81.8 Å². The molecule has 0 saturated carbocycles. The molecule has 3 amide bonds. The largest absolute Gasteiger partial charge is 0.460 e. The van der Waals surface area contributed by atoms with E-state index in [0.29, 0.717) is 35.3 Å². The molecule has 1 saturated heterocycles. The zero-order valence-electron chi connectivity index (χ0n) is 27.8. The van der Waals surface area contributed by atoms with Gasteiger partial charge in [0.25, 0.3) is 5.91 Å². The molecule has 2 bridgehead atoms. The van der Waals surface area contributed by atoms with Gasteiger partial charge in [-0.05, 0) is 60.3 Å². The number of rotatable bonds is 4. The summed E-state index contributed by atoms with van der Waals surface area (Å²) < 4.78 is 17.7. The molecular weight excluding hydrogens is 698 g/mol. The number of anilines is 1. The van der Waals surface area contributed by atoms with Crippen LogP contribution in [0.25, 0.3) is 0 Å². The van der Waals surface area contributed by atoms with Gasteiger partial charge >= 0.3 is 12.1 Å². The number of fused-ring (bicyclic) bond motifs is 3. The Balaban J connectivity index is 1.54. The molecular formula is C35H42BrN5O8. The number of aromatic nitrogens is 2. The van der Waals surface area contributed by atoms with E-state index >= 15 is 0 Å². The molecule has 0 aromatic carbocycles. The molecule has 0 spiro atoms. The molecule has 0 unspecified atom stereocenters. The molecule has 5 atom stereocenters. The number of pyridine rings is 1. The lowest BCUT2D eigenvalue weighted by atomic mass is 9.93. The first kappa shape index (κ1) is 37.3. The van der Waals surface area contributed by atoms with Crippen LogP contribution in [0.4, 0.5) is 10.5 Å². The van der Waals surface area contributed by atoms with Crippen LogP contribution in [0.5, 0.6) is 0 Å². The lowest BCUT2D eigenvalue weighted by Gasteiger charge is -2.30. The Labute approximate surface area is 293 Å². The molecule has 4 rings (SSSR count). The summed E-state index contributed by atoms with van der Waals surface area (Å²) >= 11 is 3.24. The van der Waals surface area contributed by atoms with Crippen LogP contribution in [0, 0.1) is 11.8 Å². The fraction of sp³-hybridized carbons (Fsp3) is 0.429. The van der Waals surface area contributed by atoms with E-state index < -0.39 is 48.1 Å². The summed E-state index contributed by atoms with van der Waals surface area (Å²) in [5, 5.41) is 15.9. The van der Waals surface area contributed by atoms with E-state index in [0.717, 1.165) is 5.57 Å². The van der Waals surface area contributed by atoms with E-state index in [2.05, 4.69) is 43.1 Å². The van der Waals surface area contributed by atoms with Crippen molar-refractivity contribution in [1.29, 1.82) is 0 Å². The second kappa shape index (κ2) is 17.7. The highest BCUT2D eigenvalue weighted by molar-refractivity contribution is 9.10. The van der Waals surface area contributed by atoms with Gasteiger partial charge in [-0.3, -0.25) is 14.9 Å². The number of ether oxygens (including phenoxy) is 2. The van der Waals surface area contributed by atoms with Crippen LogP contribution in [0.2, 0.25) is 0 Å². The quantitative estimate of drug-likeness (QED) is 0.222. The zero-order chi connectivity index (χ0) is 35.5. The van der Waals surface area contributed by atoms with Crippen LogP contribution in [-0.2, 0) is 25.5 Å². The summed E-state index contributed by atoms with van der Waals surface area (Å²) in [5.74, 6) is -2.16. The Morgan fingerprint density at radius 2 is 2.08 bits per heavy atom. The topological polar surface area (TPSA) is 173 Å². The Morgan fingerprint density at radius 3 is 2.84 bits per heavy atom. The Hall–Kier alpha value is -4.56. The number of aliphatic hydroxyl groups is 1. The lowest BCUT2D eigenvalue weighted by Crippen LogP contribution is -2.44. The Morgan fingerprint density at radius 1 is 1.29 bits per heavy atom. The molecule has 0 radical (unpaired) electrons. The smallest absolute Gasteiger partial charge is 0.411 e. The molecule has 0 aliphatic carbocycles. The summed E-state index contributed by atoms with van der Waals surface area (Å²) in [6.45, 7) is 9.86. The minimum Gasteiger partial charge on any atom is -0.460 e. The van der Waals surface area contributed by atoms with Crippen molar-refractivity contribution in [3.05, 3.63) is 88.9 Å². The van der Waals surface area contributed by atoms with Crippen molar-refractivity contribution in [3.63, 3.8) is 0 Å². The molecule has 2 aliphatic heterocycles. The molecule has 2 aliphatic rings. The number of hydrogen-bond acceptors (Lipinski definition) is 10. The van der Waals surface area contributed by atoms with E-state index in [1.54, 1.807) is 50.3 Å². The van der Waals surface area contributed by atoms with Gasteiger partial charge in [-0.25, -0.2) is 19.6 Å². The highest BCUT2D eigenvalue weighted by atomic mass is 79.9. The Bertz CT molecular complexity index is 1600. The van der Waals surface area contributed by atoms with Gasteiger partial charge < -0.3 is 29.2 Å². The van der Waals surface area contributed by atoms with E-state index in [1.165, 1.54) is 23.4 Å². The van der Waals surface area contributed by atoms with Gasteiger partial charge in [-0.2, -0.15) is 0 Å². The molecule has 13 nitrogen and oxygen atoms in total. The fourth-order valence-electron chi connectivity index (χ4n) is 5.56. The highest BCUT2D eigenvalue weighted by Gasteiger charge is 2.39. The molecule has 262 valence electrons. The van der Waals surface area contributed by atoms with Crippen molar-refractivity contribution in [2.75, 3.05) is 25.0 Å². The van der Waals surface area contributed by atoms with Gasteiger partial charge in [0.05, 0.1) is 24.6 Å². The Kier molecular flexibility index (Phi) is 13.5. The number of oxazole rings is 1. The standard InChI is InChI=1S/C35H42BrN5O8/c1-21-7-5-13-37-30(43)12-9-23(3)32(24(4)19-48-35(46)39-25-10-11-29(36)38-18-25)49-34(45)28-8-6-14-41(28)33(44)27-20-47-31(40-27)17-22(2)16-26(42)15-21/h5,7,9-12,15,18,20,23-24,26,28,32,42H,2,6,8,13-14,16-17,19H2,1,3-4H3,(H,37,43)(H,39,46)/b7-5+,12-9+,21-15+/t23-,24-,26-,28-,32+/m1/s1. The molecule has 2 aromatic rings. The fourth-order valence-corrected chi connectivity index (χ4v) is 5.80. The van der Waals surface area contributed by atoms with Crippen molar-refractivity contribution < 1.29 is 38.2 Å². The minimum absolute atomic E-state index is 0.0509. The second-order valence-corrected chi connectivity index (χ2v) is 13.0. The number of carbonyl (C=O) groups is 4. The number of nitrogens with one attached hydrogen (secondary N) is 2. The van der Waals surface area contributed by atoms with Gasteiger partial charge in [0.15, 0.2) is 11.6 Å². The SMILES string of the molecule is C=C1Cc2nc(co2)C(=O)N2CCC[C@@H]2C(=O)O[C@H]([C@H](C)COC(=O)Nc2ccc(Br)nc2)[C@H](C)/C=C/C(=O)NC/C=C/C(C)=C/[C@@H](O)C1. The van der Waals surface area contributed by atoms with Gasteiger partial charge in [-0.1, -0.05) is 55.9 Å². The number of cyclic esters (lactones) is 1. The molecule has 49 heavy (non-hydrogen) atoms. The van der Waals surface area contributed by atoms with Crippen LogP contribution < -0.4 is 10.6 Å². The van der Waals surface area contributed by atoms with Crippen molar-refractivity contribution in [1.82, 2.24) is 20.2 Å². The number of esters is 1. The predicted molar refractivity (Wildman–Crippen MR) is 184 cm³/mol. The minimum atomic E-state index is -0.871. The zero-order valence-corrected chi connectivity index (χ0v) is 29.4. The number of allylic oxidation sites excluding steroid dienone is 2. The third-order valence-corrected chi connectivity index (χ3v) is 8.49. The monoisotopic (exact) mass is 739 g/mol. The molecule has 3 N–H and O–H groups in total. The predicted octanol–water partition coefficient (Wildman–Crippen LogP) is 4.91. The van der Waals surface area contributed by atoms with Gasteiger partial charge in [0.2, 0.25) is 5.91 Å². The summed E-state index contributed by atoms with van der Waals surface area (Å²) in [6.07, 6.45) is 10.0. The average molecular weight is 741 g/mol. The first-order valence-electron chi connectivity index (χ1n) is 16.1. The van der Waals surface area contributed by atoms with Crippen molar-refractivity contribution in [3.8, 4) is 0 Å². The normalized spacial score (nSPS) is 26.0. The number of amides is 3. The maximum Gasteiger partial charge on any atom is 0.411 e. The van der Waals surface area contributed by atoms with Crippen molar-refractivity contribution in [2.24, 2.45) is 11.8 Å². The molecule has 2 aromatic heterocycles. The van der Waals surface area contributed by atoms with E-state index in [9.17, 15) is 24.3 Å². The third-order valence-electron chi connectivity index (χ3n) is 8.02. The summed E-state index contributed by atoms with van der Waals surface area (Å²) in [6, 6.07) is 2.46. The molecule has 1 fully saturated rings. The lowest BCUT2D eigenvalue weighted by molar-refractivity contribution is -0.159. The third kappa shape index (κ3) is 11.2. The highest BCUT2D eigenvalue weighted by Crippen LogP contribution is 2.26. The number of aliphatic hydroxyl groups excluding tert-OH is 1. The molecule has 4 heterocycles. The first-order valence-corrected chi connectivity index (χ1v) is 16.9. The maximum atomic E-state index is 13.7.